The van der Waals surface area contributed by atoms with Crippen LogP contribution in [0.15, 0.2) is 41.0 Å². The summed E-state index contributed by atoms with van der Waals surface area (Å²) in [5.41, 5.74) is 3.92. The van der Waals surface area contributed by atoms with Gasteiger partial charge >= 0.3 is 5.97 Å². The molecular formula is C16H12BrClN2O2. The highest BCUT2D eigenvalue weighted by Crippen LogP contribution is 2.28. The first-order chi connectivity index (χ1) is 10.5. The number of aliphatic carboxylic acids is 1. The number of halogens is 2. The third-order valence-electron chi connectivity index (χ3n) is 3.44. The lowest BCUT2D eigenvalue weighted by molar-refractivity contribution is -0.136. The molecule has 2 aromatic heterocycles. The number of carboxylic acid groups (broad SMARTS) is 1. The maximum atomic E-state index is 11.2. The highest BCUT2D eigenvalue weighted by Gasteiger charge is 2.17. The van der Waals surface area contributed by atoms with Crippen LogP contribution in [-0.2, 0) is 11.2 Å². The van der Waals surface area contributed by atoms with Gasteiger partial charge in [-0.2, -0.15) is 0 Å². The number of imidazole rings is 1. The molecule has 112 valence electrons. The van der Waals surface area contributed by atoms with E-state index < -0.39 is 5.97 Å². The quantitative estimate of drug-likeness (QED) is 0.736. The van der Waals surface area contributed by atoms with Crippen molar-refractivity contribution in [2.45, 2.75) is 13.3 Å². The minimum Gasteiger partial charge on any atom is -0.481 e. The van der Waals surface area contributed by atoms with Crippen molar-refractivity contribution in [3.05, 3.63) is 57.3 Å². The van der Waals surface area contributed by atoms with E-state index in [0.717, 1.165) is 21.2 Å². The zero-order valence-corrected chi connectivity index (χ0v) is 14.0. The molecular weight excluding hydrogens is 368 g/mol. The lowest BCUT2D eigenvalue weighted by Gasteiger charge is -2.04. The van der Waals surface area contributed by atoms with Crippen LogP contribution < -0.4 is 0 Å². The van der Waals surface area contributed by atoms with E-state index >= 15 is 0 Å². The third-order valence-corrected chi connectivity index (χ3v) is 4.52. The summed E-state index contributed by atoms with van der Waals surface area (Å²) in [6.45, 7) is 1.97. The number of nitrogens with zero attached hydrogens (tertiary/aromatic N) is 2. The maximum Gasteiger partial charge on any atom is 0.309 e. The maximum absolute atomic E-state index is 11.2. The molecule has 0 amide bonds. The van der Waals surface area contributed by atoms with Gasteiger partial charge in [0.25, 0.3) is 0 Å². The van der Waals surface area contributed by atoms with Crippen LogP contribution in [0.4, 0.5) is 0 Å². The fraction of sp³-hybridized carbons (Fsp3) is 0.125. The van der Waals surface area contributed by atoms with E-state index in [1.165, 1.54) is 0 Å². The summed E-state index contributed by atoms with van der Waals surface area (Å²) < 4.78 is 2.72. The molecule has 3 rings (SSSR count). The molecule has 3 aromatic rings. The Morgan fingerprint density at radius 3 is 2.68 bits per heavy atom. The summed E-state index contributed by atoms with van der Waals surface area (Å²) in [6, 6.07) is 9.16. The Bertz CT molecular complexity index is 872. The van der Waals surface area contributed by atoms with Gasteiger partial charge in [0.15, 0.2) is 0 Å². The van der Waals surface area contributed by atoms with Crippen molar-refractivity contribution in [3.63, 3.8) is 0 Å². The molecule has 6 heteroatoms. The van der Waals surface area contributed by atoms with Gasteiger partial charge in [0.05, 0.1) is 17.8 Å². The Morgan fingerprint density at radius 2 is 2.05 bits per heavy atom. The van der Waals surface area contributed by atoms with Gasteiger partial charge in [-0.1, -0.05) is 23.7 Å². The van der Waals surface area contributed by atoms with Crippen molar-refractivity contribution in [2.24, 2.45) is 0 Å². The SMILES string of the molecule is Cc1cc2nc(-c3ccc(Cl)cc3)c(CC(=O)O)n2cc1Br. The Balaban J connectivity index is 2.28. The first-order valence-electron chi connectivity index (χ1n) is 6.60. The van der Waals surface area contributed by atoms with E-state index in [4.69, 9.17) is 11.6 Å². The number of fused-ring (bicyclic) bond motifs is 1. The molecule has 4 nitrogen and oxygen atoms in total. The highest BCUT2D eigenvalue weighted by molar-refractivity contribution is 9.10. The largest absolute Gasteiger partial charge is 0.481 e. The molecule has 0 saturated heterocycles. The lowest BCUT2D eigenvalue weighted by Crippen LogP contribution is -2.05. The van der Waals surface area contributed by atoms with Crippen molar-refractivity contribution in [3.8, 4) is 11.3 Å². The van der Waals surface area contributed by atoms with Gasteiger partial charge in [0.1, 0.15) is 5.65 Å². The van der Waals surface area contributed by atoms with Gasteiger partial charge in [-0.3, -0.25) is 4.79 Å². The Labute approximate surface area is 140 Å². The topological polar surface area (TPSA) is 54.6 Å². The molecule has 0 radical (unpaired) electrons. The van der Waals surface area contributed by atoms with Crippen molar-refractivity contribution in [1.82, 2.24) is 9.38 Å². The van der Waals surface area contributed by atoms with Crippen molar-refractivity contribution >= 4 is 39.1 Å². The number of hydrogen-bond acceptors (Lipinski definition) is 2. The second kappa shape index (κ2) is 5.74. The zero-order chi connectivity index (χ0) is 15.9. The van der Waals surface area contributed by atoms with Gasteiger partial charge < -0.3 is 9.51 Å². The van der Waals surface area contributed by atoms with Crippen LogP contribution in [0.2, 0.25) is 5.02 Å². The molecule has 0 aliphatic heterocycles. The molecule has 22 heavy (non-hydrogen) atoms. The molecule has 2 heterocycles. The van der Waals surface area contributed by atoms with E-state index in [9.17, 15) is 9.90 Å². The number of carboxylic acids is 1. The second-order valence-electron chi connectivity index (χ2n) is 5.02. The van der Waals surface area contributed by atoms with Crippen LogP contribution in [0, 0.1) is 6.92 Å². The summed E-state index contributed by atoms with van der Waals surface area (Å²) in [4.78, 5) is 15.8. The molecule has 1 N–H and O–H groups in total. The molecule has 0 atom stereocenters. The van der Waals surface area contributed by atoms with Crippen LogP contribution >= 0.6 is 27.5 Å². The fourth-order valence-electron chi connectivity index (χ4n) is 2.36. The number of benzene rings is 1. The Hall–Kier alpha value is -1.85. The molecule has 0 aliphatic carbocycles. The van der Waals surface area contributed by atoms with Crippen LogP contribution in [-0.4, -0.2) is 20.5 Å². The second-order valence-corrected chi connectivity index (χ2v) is 6.31. The zero-order valence-electron chi connectivity index (χ0n) is 11.7. The summed E-state index contributed by atoms with van der Waals surface area (Å²) in [7, 11) is 0. The average molecular weight is 380 g/mol. The van der Waals surface area contributed by atoms with Crippen LogP contribution in [0.1, 0.15) is 11.3 Å². The van der Waals surface area contributed by atoms with E-state index in [2.05, 4.69) is 20.9 Å². The molecule has 0 saturated carbocycles. The average Bonchev–Trinajstić information content (AvgIpc) is 2.78. The van der Waals surface area contributed by atoms with Gasteiger partial charge in [0, 0.05) is 21.3 Å². The molecule has 0 unspecified atom stereocenters. The van der Waals surface area contributed by atoms with Crippen molar-refractivity contribution in [2.75, 3.05) is 0 Å². The number of carbonyl (C=O) groups is 1. The highest BCUT2D eigenvalue weighted by atomic mass is 79.9. The molecule has 0 spiro atoms. The van der Waals surface area contributed by atoms with Crippen LogP contribution in [0.25, 0.3) is 16.9 Å². The summed E-state index contributed by atoms with van der Waals surface area (Å²) in [6.07, 6.45) is 1.75. The Morgan fingerprint density at radius 1 is 1.36 bits per heavy atom. The molecule has 1 aromatic carbocycles. The molecule has 0 bridgehead atoms. The predicted molar refractivity (Wildman–Crippen MR) is 89.4 cm³/mol. The minimum atomic E-state index is -0.895. The van der Waals surface area contributed by atoms with E-state index in [1.54, 1.807) is 12.1 Å². The van der Waals surface area contributed by atoms with Gasteiger partial charge in [-0.15, -0.1) is 0 Å². The third kappa shape index (κ3) is 2.74. The normalized spacial score (nSPS) is 11.0. The monoisotopic (exact) mass is 378 g/mol. The number of aryl methyl sites for hydroxylation is 1. The number of hydrogen-bond donors (Lipinski definition) is 1. The van der Waals surface area contributed by atoms with E-state index in [-0.39, 0.29) is 6.42 Å². The first kappa shape index (κ1) is 15.1. The number of rotatable bonds is 3. The van der Waals surface area contributed by atoms with Crippen LogP contribution in [0.5, 0.6) is 0 Å². The van der Waals surface area contributed by atoms with E-state index in [0.29, 0.717) is 16.4 Å². The summed E-state index contributed by atoms with van der Waals surface area (Å²) in [5, 5.41) is 9.84. The van der Waals surface area contributed by atoms with Gasteiger partial charge in [0.2, 0.25) is 0 Å². The van der Waals surface area contributed by atoms with Crippen LogP contribution in [0.3, 0.4) is 0 Å². The lowest BCUT2D eigenvalue weighted by atomic mass is 10.1. The number of pyridine rings is 1. The number of aromatic nitrogens is 2. The summed E-state index contributed by atoms with van der Waals surface area (Å²) >= 11 is 9.40. The fourth-order valence-corrected chi connectivity index (χ4v) is 2.81. The van der Waals surface area contributed by atoms with Crippen molar-refractivity contribution in [1.29, 1.82) is 0 Å². The van der Waals surface area contributed by atoms with Gasteiger partial charge in [-0.25, -0.2) is 4.98 Å². The van der Waals surface area contributed by atoms with E-state index in [1.807, 2.05) is 35.7 Å². The smallest absolute Gasteiger partial charge is 0.309 e. The van der Waals surface area contributed by atoms with Gasteiger partial charge in [-0.05, 0) is 46.6 Å². The molecule has 0 aliphatic rings. The standard InChI is InChI=1S/C16H12BrClN2O2/c1-9-6-14-19-16(10-2-4-11(18)5-3-10)13(7-15(21)22)20(14)8-12(9)17/h2-6,8H,7H2,1H3,(H,21,22). The Kier molecular flexibility index (Phi) is 3.93. The minimum absolute atomic E-state index is 0.103. The molecule has 0 fully saturated rings. The summed E-state index contributed by atoms with van der Waals surface area (Å²) in [5.74, 6) is -0.895. The first-order valence-corrected chi connectivity index (χ1v) is 7.77. The predicted octanol–water partition coefficient (Wildman–Crippen LogP) is 4.35. The van der Waals surface area contributed by atoms with Crippen molar-refractivity contribution < 1.29 is 9.90 Å².